The number of hydrogen-bond donors (Lipinski definition) is 1. The van der Waals surface area contributed by atoms with Gasteiger partial charge >= 0.3 is 0 Å². The number of Topliss-reactive ketones (excluding diaryl/α,β-unsaturated/α-hetero) is 1. The molecule has 1 N–H and O–H groups in total. The highest BCUT2D eigenvalue weighted by molar-refractivity contribution is 6.04. The van der Waals surface area contributed by atoms with Crippen molar-refractivity contribution in [2.24, 2.45) is 0 Å². The smallest absolute Gasteiger partial charge is 0.275 e. The molecule has 0 spiro atoms. The van der Waals surface area contributed by atoms with Gasteiger partial charge in [-0.25, -0.2) is 9.07 Å². The summed E-state index contributed by atoms with van der Waals surface area (Å²) < 4.78 is 15.8. The number of hydrogen-bond acceptors (Lipinski definition) is 6. The number of carbonyl (C=O) groups is 2. The SMILES string of the molecule is CNC(=O)c1nn(CN2CCN(c3ccc(C(C)=O)cc3F)CC2)c(=O)c2ccccc12. The molecule has 1 fully saturated rings. The fourth-order valence-electron chi connectivity index (χ4n) is 3.92. The minimum Gasteiger partial charge on any atom is -0.367 e. The predicted octanol–water partition coefficient (Wildman–Crippen LogP) is 1.88. The number of halogens is 1. The van der Waals surface area contributed by atoms with Crippen LogP contribution in [0, 0.1) is 5.82 Å². The zero-order valence-electron chi connectivity index (χ0n) is 18.0. The molecule has 2 aromatic carbocycles. The highest BCUT2D eigenvalue weighted by atomic mass is 19.1. The second-order valence-corrected chi connectivity index (χ2v) is 7.75. The van der Waals surface area contributed by atoms with Gasteiger partial charge in [0.1, 0.15) is 5.82 Å². The van der Waals surface area contributed by atoms with Crippen LogP contribution >= 0.6 is 0 Å². The number of rotatable bonds is 5. The number of ketones is 1. The lowest BCUT2D eigenvalue weighted by Gasteiger charge is -2.36. The Morgan fingerprint density at radius 3 is 2.38 bits per heavy atom. The van der Waals surface area contributed by atoms with E-state index in [9.17, 15) is 18.8 Å². The Labute approximate surface area is 184 Å². The van der Waals surface area contributed by atoms with Crippen molar-refractivity contribution in [1.82, 2.24) is 20.0 Å². The monoisotopic (exact) mass is 437 g/mol. The van der Waals surface area contributed by atoms with Gasteiger partial charge in [0.05, 0.1) is 17.7 Å². The molecule has 8 nitrogen and oxygen atoms in total. The minimum atomic E-state index is -0.422. The Bertz CT molecular complexity index is 1250. The average molecular weight is 437 g/mol. The van der Waals surface area contributed by atoms with Gasteiger partial charge in [-0.05, 0) is 31.2 Å². The fourth-order valence-corrected chi connectivity index (χ4v) is 3.92. The maximum Gasteiger partial charge on any atom is 0.275 e. The van der Waals surface area contributed by atoms with Crippen molar-refractivity contribution in [2.45, 2.75) is 13.6 Å². The number of fused-ring (bicyclic) bond motifs is 1. The first kappa shape index (κ1) is 21.6. The van der Waals surface area contributed by atoms with E-state index >= 15 is 0 Å². The van der Waals surface area contributed by atoms with Crippen molar-refractivity contribution >= 4 is 28.2 Å². The van der Waals surface area contributed by atoms with Crippen molar-refractivity contribution in [1.29, 1.82) is 0 Å². The molecular weight excluding hydrogens is 413 g/mol. The second kappa shape index (κ2) is 8.88. The Hall–Kier alpha value is -3.59. The molecule has 3 aromatic rings. The van der Waals surface area contributed by atoms with Gasteiger partial charge in [-0.15, -0.1) is 0 Å². The van der Waals surface area contributed by atoms with Gasteiger partial charge < -0.3 is 10.2 Å². The van der Waals surface area contributed by atoms with Crippen molar-refractivity contribution in [3.05, 3.63) is 69.9 Å². The molecule has 0 saturated carbocycles. The largest absolute Gasteiger partial charge is 0.367 e. The predicted molar refractivity (Wildman–Crippen MR) is 120 cm³/mol. The van der Waals surface area contributed by atoms with Crippen LogP contribution in [0.3, 0.4) is 0 Å². The maximum atomic E-state index is 14.5. The van der Waals surface area contributed by atoms with Gasteiger partial charge in [0.25, 0.3) is 11.5 Å². The zero-order valence-corrected chi connectivity index (χ0v) is 18.0. The number of nitrogens with one attached hydrogen (secondary N) is 1. The lowest BCUT2D eigenvalue weighted by atomic mass is 10.1. The summed E-state index contributed by atoms with van der Waals surface area (Å²) in [5.74, 6) is -0.956. The lowest BCUT2D eigenvalue weighted by molar-refractivity contribution is 0.0954. The van der Waals surface area contributed by atoms with Gasteiger partial charge in [0.2, 0.25) is 0 Å². The summed E-state index contributed by atoms with van der Waals surface area (Å²) in [6.07, 6.45) is 0. The molecule has 0 radical (unpaired) electrons. The van der Waals surface area contributed by atoms with Crippen molar-refractivity contribution < 1.29 is 14.0 Å². The average Bonchev–Trinajstić information content (AvgIpc) is 2.81. The molecular formula is C23H24FN5O3. The number of amides is 1. The first-order chi connectivity index (χ1) is 15.4. The van der Waals surface area contributed by atoms with Gasteiger partial charge in [-0.2, -0.15) is 5.10 Å². The number of carbonyl (C=O) groups excluding carboxylic acids is 2. The number of aromatic nitrogens is 2. The van der Waals surface area contributed by atoms with Crippen LogP contribution in [0.2, 0.25) is 0 Å². The summed E-state index contributed by atoms with van der Waals surface area (Å²) in [5.41, 5.74) is 0.742. The minimum absolute atomic E-state index is 0.176. The molecule has 0 bridgehead atoms. The topological polar surface area (TPSA) is 87.5 Å². The first-order valence-corrected chi connectivity index (χ1v) is 10.4. The summed E-state index contributed by atoms with van der Waals surface area (Å²) >= 11 is 0. The van der Waals surface area contributed by atoms with Crippen LogP contribution in [-0.4, -0.2) is 59.6 Å². The molecule has 2 heterocycles. The van der Waals surface area contributed by atoms with Gasteiger partial charge in [0.15, 0.2) is 11.5 Å². The zero-order chi connectivity index (χ0) is 22.8. The van der Waals surface area contributed by atoms with Crippen molar-refractivity contribution in [3.63, 3.8) is 0 Å². The number of anilines is 1. The first-order valence-electron chi connectivity index (χ1n) is 10.4. The molecule has 4 rings (SSSR count). The number of benzene rings is 2. The van der Waals surface area contributed by atoms with Gasteiger partial charge in [-0.3, -0.25) is 19.3 Å². The van der Waals surface area contributed by atoms with E-state index in [2.05, 4.69) is 10.4 Å². The normalized spacial score (nSPS) is 14.5. The third-order valence-electron chi connectivity index (χ3n) is 5.71. The third kappa shape index (κ3) is 4.11. The molecule has 166 valence electrons. The van der Waals surface area contributed by atoms with E-state index in [1.807, 2.05) is 9.80 Å². The molecule has 1 saturated heterocycles. The van der Waals surface area contributed by atoms with Crippen LogP contribution in [0.25, 0.3) is 10.8 Å². The second-order valence-electron chi connectivity index (χ2n) is 7.75. The Morgan fingerprint density at radius 2 is 1.75 bits per heavy atom. The van der Waals surface area contributed by atoms with E-state index in [1.54, 1.807) is 36.4 Å². The summed E-state index contributed by atoms with van der Waals surface area (Å²) in [5, 5.41) is 7.85. The summed E-state index contributed by atoms with van der Waals surface area (Å²) in [4.78, 5) is 40.7. The highest BCUT2D eigenvalue weighted by Gasteiger charge is 2.22. The van der Waals surface area contributed by atoms with E-state index < -0.39 is 5.82 Å². The van der Waals surface area contributed by atoms with Crippen LogP contribution in [-0.2, 0) is 6.67 Å². The molecule has 1 amide bonds. The Balaban J connectivity index is 1.52. The maximum absolute atomic E-state index is 14.5. The summed E-state index contributed by atoms with van der Waals surface area (Å²) in [6.45, 7) is 3.93. The van der Waals surface area contributed by atoms with Crippen LogP contribution in [0.4, 0.5) is 10.1 Å². The molecule has 1 aromatic heterocycles. The third-order valence-corrected chi connectivity index (χ3v) is 5.71. The van der Waals surface area contributed by atoms with Crippen LogP contribution < -0.4 is 15.8 Å². The summed E-state index contributed by atoms with van der Waals surface area (Å²) in [7, 11) is 1.52. The van der Waals surface area contributed by atoms with Gasteiger partial charge in [-0.1, -0.05) is 18.2 Å². The molecule has 0 atom stereocenters. The van der Waals surface area contributed by atoms with Crippen LogP contribution in [0.15, 0.2) is 47.3 Å². The van der Waals surface area contributed by atoms with E-state index in [4.69, 9.17) is 0 Å². The highest BCUT2D eigenvalue weighted by Crippen LogP contribution is 2.22. The standard InChI is InChI=1S/C23H24FN5O3/c1-15(30)16-7-8-20(19(24)13-16)28-11-9-27(10-12-28)14-29-23(32)18-6-4-3-5-17(18)21(26-29)22(31)25-2/h3-8,13H,9-12,14H2,1-2H3,(H,25,31). The van der Waals surface area contributed by atoms with Crippen molar-refractivity contribution in [3.8, 4) is 0 Å². The summed E-state index contributed by atoms with van der Waals surface area (Å²) in [6, 6.07) is 11.5. The van der Waals surface area contributed by atoms with Crippen LogP contribution in [0.1, 0.15) is 27.8 Å². The molecule has 0 unspecified atom stereocenters. The molecule has 1 aliphatic rings. The molecule has 0 aliphatic carbocycles. The quantitative estimate of drug-likeness (QED) is 0.614. The fraction of sp³-hybridized carbons (Fsp3) is 0.304. The molecule has 32 heavy (non-hydrogen) atoms. The van der Waals surface area contributed by atoms with Crippen LogP contribution in [0.5, 0.6) is 0 Å². The number of piperazine rings is 1. The lowest BCUT2D eigenvalue weighted by Crippen LogP contribution is -2.48. The van der Waals surface area contributed by atoms with E-state index in [0.717, 1.165) is 0 Å². The van der Waals surface area contributed by atoms with Crippen molar-refractivity contribution in [2.75, 3.05) is 38.1 Å². The van der Waals surface area contributed by atoms with E-state index in [-0.39, 0.29) is 29.6 Å². The Kier molecular flexibility index (Phi) is 6.00. The molecule has 1 aliphatic heterocycles. The number of nitrogens with zero attached hydrogens (tertiary/aromatic N) is 4. The Morgan fingerprint density at radius 1 is 1.06 bits per heavy atom. The van der Waals surface area contributed by atoms with E-state index in [0.29, 0.717) is 48.2 Å². The van der Waals surface area contributed by atoms with E-state index in [1.165, 1.54) is 24.7 Å². The van der Waals surface area contributed by atoms with Gasteiger partial charge in [0, 0.05) is 44.2 Å². The molecule has 9 heteroatoms.